The molecule has 0 radical (unpaired) electrons. The van der Waals surface area contributed by atoms with Crippen LogP contribution in [0.4, 0.5) is 5.69 Å². The number of carbonyl (C=O) groups is 1. The first-order valence-electron chi connectivity index (χ1n) is 8.35. The summed E-state index contributed by atoms with van der Waals surface area (Å²) in [5.41, 5.74) is 1.96. The molecule has 8 heteroatoms. The van der Waals surface area contributed by atoms with E-state index >= 15 is 0 Å². The lowest BCUT2D eigenvalue weighted by Crippen LogP contribution is -2.13. The molecule has 0 bridgehead atoms. The van der Waals surface area contributed by atoms with Crippen molar-refractivity contribution >= 4 is 33.8 Å². The Labute approximate surface area is 152 Å². The third kappa shape index (κ3) is 2.50. The Bertz CT molecular complexity index is 1120. The molecule has 3 aromatic heterocycles. The van der Waals surface area contributed by atoms with Gasteiger partial charge in [-0.25, -0.2) is 0 Å². The molecule has 3 heterocycles. The molecule has 1 aromatic carbocycles. The fraction of sp³-hybridized carbons (Fsp3) is 0.222. The zero-order chi connectivity index (χ0) is 17.7. The summed E-state index contributed by atoms with van der Waals surface area (Å²) in [5.74, 6) is 1.27. The Balaban J connectivity index is 1.46. The topological polar surface area (TPSA) is 85.8 Å². The fourth-order valence-electron chi connectivity index (χ4n) is 2.96. The minimum atomic E-state index is -0.261. The Morgan fingerprint density at radius 2 is 2.12 bits per heavy atom. The number of nitrogens with zero attached hydrogens (tertiary/aromatic N) is 4. The van der Waals surface area contributed by atoms with Gasteiger partial charge < -0.3 is 9.73 Å². The second-order valence-electron chi connectivity index (χ2n) is 6.33. The van der Waals surface area contributed by atoms with Crippen LogP contribution < -0.4 is 5.32 Å². The van der Waals surface area contributed by atoms with Crippen molar-refractivity contribution in [3.05, 3.63) is 47.3 Å². The second kappa shape index (κ2) is 5.77. The average molecular weight is 365 g/mol. The van der Waals surface area contributed by atoms with Crippen LogP contribution in [0.2, 0.25) is 0 Å². The molecule has 0 unspecified atom stereocenters. The maximum atomic E-state index is 12.8. The summed E-state index contributed by atoms with van der Waals surface area (Å²) in [6, 6.07) is 9.49. The number of anilines is 1. The molecule has 1 N–H and O–H groups in total. The zero-order valence-electron chi connectivity index (χ0n) is 14.0. The molecule has 1 fully saturated rings. The van der Waals surface area contributed by atoms with Crippen molar-refractivity contribution in [1.29, 1.82) is 0 Å². The van der Waals surface area contributed by atoms with E-state index < -0.39 is 0 Å². The van der Waals surface area contributed by atoms with Crippen LogP contribution in [0.15, 0.2) is 40.1 Å². The highest BCUT2D eigenvalue weighted by Crippen LogP contribution is 2.41. The van der Waals surface area contributed by atoms with Crippen molar-refractivity contribution < 1.29 is 9.21 Å². The SMILES string of the molecule is Cn1nc(C(=O)Nc2ccsc2-c2nnc(C3CC3)o2)c2ccccc21. The van der Waals surface area contributed by atoms with Gasteiger partial charge in [-0.15, -0.1) is 21.5 Å². The molecule has 5 rings (SSSR count). The first-order chi connectivity index (χ1) is 12.7. The highest BCUT2D eigenvalue weighted by atomic mass is 32.1. The van der Waals surface area contributed by atoms with Gasteiger partial charge in [0.05, 0.1) is 11.2 Å². The van der Waals surface area contributed by atoms with Crippen LogP contribution >= 0.6 is 11.3 Å². The van der Waals surface area contributed by atoms with Crippen molar-refractivity contribution in [2.75, 3.05) is 5.32 Å². The summed E-state index contributed by atoms with van der Waals surface area (Å²) >= 11 is 1.46. The molecule has 1 aliphatic carbocycles. The number of amides is 1. The van der Waals surface area contributed by atoms with Crippen LogP contribution in [-0.2, 0) is 7.05 Å². The summed E-state index contributed by atoms with van der Waals surface area (Å²) < 4.78 is 7.48. The zero-order valence-corrected chi connectivity index (χ0v) is 14.8. The number of benzene rings is 1. The van der Waals surface area contributed by atoms with Gasteiger partial charge in [-0.1, -0.05) is 18.2 Å². The number of para-hydroxylation sites is 1. The predicted molar refractivity (Wildman–Crippen MR) is 98.3 cm³/mol. The first kappa shape index (κ1) is 15.3. The summed E-state index contributed by atoms with van der Waals surface area (Å²) in [5, 5.41) is 18.3. The molecule has 1 aliphatic rings. The van der Waals surface area contributed by atoms with Gasteiger partial charge >= 0.3 is 0 Å². The summed E-state index contributed by atoms with van der Waals surface area (Å²) in [7, 11) is 1.83. The average Bonchev–Trinajstić information content (AvgIpc) is 3.06. The largest absolute Gasteiger partial charge is 0.420 e. The van der Waals surface area contributed by atoms with Gasteiger partial charge in [0.15, 0.2) is 5.69 Å². The maximum Gasteiger partial charge on any atom is 0.276 e. The number of hydrogen-bond donors (Lipinski definition) is 1. The quantitative estimate of drug-likeness (QED) is 0.594. The molecule has 7 nitrogen and oxygen atoms in total. The number of rotatable bonds is 4. The van der Waals surface area contributed by atoms with Gasteiger partial charge in [-0.3, -0.25) is 9.48 Å². The fourth-order valence-corrected chi connectivity index (χ4v) is 3.73. The Kier molecular flexibility index (Phi) is 3.39. The summed E-state index contributed by atoms with van der Waals surface area (Å²) in [6.45, 7) is 0. The first-order valence-corrected chi connectivity index (χ1v) is 9.23. The number of nitrogens with one attached hydrogen (secondary N) is 1. The molecule has 130 valence electrons. The lowest BCUT2D eigenvalue weighted by atomic mass is 10.2. The molecule has 1 saturated carbocycles. The molecule has 26 heavy (non-hydrogen) atoms. The van der Waals surface area contributed by atoms with E-state index in [0.29, 0.717) is 29.1 Å². The van der Waals surface area contributed by atoms with Crippen molar-refractivity contribution in [2.24, 2.45) is 7.05 Å². The lowest BCUT2D eigenvalue weighted by molar-refractivity contribution is 0.102. The Morgan fingerprint density at radius 3 is 2.96 bits per heavy atom. The number of carbonyl (C=O) groups excluding carboxylic acids is 1. The van der Waals surface area contributed by atoms with E-state index in [1.807, 2.05) is 42.8 Å². The molecule has 0 aliphatic heterocycles. The number of aromatic nitrogens is 4. The van der Waals surface area contributed by atoms with Crippen molar-refractivity contribution in [1.82, 2.24) is 20.0 Å². The van der Waals surface area contributed by atoms with Gasteiger partial charge in [0.25, 0.3) is 11.8 Å². The minimum Gasteiger partial charge on any atom is -0.420 e. The monoisotopic (exact) mass is 365 g/mol. The normalized spacial score (nSPS) is 14.0. The Hall–Kier alpha value is -3.00. The van der Waals surface area contributed by atoms with E-state index in [2.05, 4.69) is 20.6 Å². The maximum absolute atomic E-state index is 12.8. The van der Waals surface area contributed by atoms with E-state index in [1.54, 1.807) is 4.68 Å². The third-order valence-corrected chi connectivity index (χ3v) is 5.35. The van der Waals surface area contributed by atoms with Crippen LogP contribution in [0.3, 0.4) is 0 Å². The van der Waals surface area contributed by atoms with Gasteiger partial charge in [-0.05, 0) is 30.4 Å². The predicted octanol–water partition coefficient (Wildman–Crippen LogP) is 3.81. The van der Waals surface area contributed by atoms with Crippen LogP contribution in [0, 0.1) is 0 Å². The minimum absolute atomic E-state index is 0.261. The van der Waals surface area contributed by atoms with Crippen molar-refractivity contribution in [3.8, 4) is 10.8 Å². The van der Waals surface area contributed by atoms with Crippen molar-refractivity contribution in [2.45, 2.75) is 18.8 Å². The number of hydrogen-bond acceptors (Lipinski definition) is 6. The van der Waals surface area contributed by atoms with Crippen LogP contribution in [0.1, 0.15) is 35.1 Å². The molecule has 0 spiro atoms. The molecule has 0 atom stereocenters. The van der Waals surface area contributed by atoms with Crippen LogP contribution in [0.5, 0.6) is 0 Å². The number of thiophene rings is 1. The summed E-state index contributed by atoms with van der Waals surface area (Å²) in [4.78, 5) is 13.6. The van der Waals surface area contributed by atoms with E-state index in [9.17, 15) is 4.79 Å². The third-order valence-electron chi connectivity index (χ3n) is 4.45. The van der Waals surface area contributed by atoms with Crippen LogP contribution in [0.25, 0.3) is 21.7 Å². The lowest BCUT2D eigenvalue weighted by Gasteiger charge is -2.03. The second-order valence-corrected chi connectivity index (χ2v) is 7.24. The number of aryl methyl sites for hydroxylation is 1. The van der Waals surface area contributed by atoms with E-state index in [-0.39, 0.29) is 5.91 Å². The van der Waals surface area contributed by atoms with Crippen LogP contribution in [-0.4, -0.2) is 25.9 Å². The smallest absolute Gasteiger partial charge is 0.276 e. The van der Waals surface area contributed by atoms with Gasteiger partial charge in [0, 0.05) is 18.4 Å². The van der Waals surface area contributed by atoms with Crippen molar-refractivity contribution in [3.63, 3.8) is 0 Å². The number of fused-ring (bicyclic) bond motifs is 1. The van der Waals surface area contributed by atoms with Gasteiger partial charge in [-0.2, -0.15) is 5.10 Å². The van der Waals surface area contributed by atoms with E-state index in [4.69, 9.17) is 4.42 Å². The molecule has 0 saturated heterocycles. The Morgan fingerprint density at radius 1 is 1.27 bits per heavy atom. The van der Waals surface area contributed by atoms with Gasteiger partial charge in [0.1, 0.15) is 4.88 Å². The molecule has 4 aromatic rings. The standard InChI is InChI=1S/C18H15N5O2S/c1-23-13-5-3-2-4-11(13)14(22-23)16(24)19-12-8-9-26-15(12)18-21-20-17(25-18)10-6-7-10/h2-5,8-10H,6-7H2,1H3,(H,19,24). The van der Waals surface area contributed by atoms with E-state index in [1.165, 1.54) is 11.3 Å². The molecule has 1 amide bonds. The van der Waals surface area contributed by atoms with E-state index in [0.717, 1.165) is 28.6 Å². The molecular weight excluding hydrogens is 350 g/mol. The highest BCUT2D eigenvalue weighted by Gasteiger charge is 2.30. The highest BCUT2D eigenvalue weighted by molar-refractivity contribution is 7.14. The summed E-state index contributed by atoms with van der Waals surface area (Å²) in [6.07, 6.45) is 2.20. The van der Waals surface area contributed by atoms with Gasteiger partial charge in [0.2, 0.25) is 5.89 Å². The molecular formula is C18H15N5O2S.